The number of fused-ring (bicyclic) bond motifs is 8. The van der Waals surface area contributed by atoms with Gasteiger partial charge in [0.05, 0.1) is 31.5 Å². The number of rotatable bonds is 14. The third kappa shape index (κ3) is 8.89. The van der Waals surface area contributed by atoms with Crippen LogP contribution in [0.2, 0.25) is 0 Å². The van der Waals surface area contributed by atoms with Crippen LogP contribution in [0.15, 0.2) is 107 Å². The molecule has 6 N–H and O–H groups in total. The van der Waals surface area contributed by atoms with E-state index in [4.69, 9.17) is 9.47 Å². The number of aliphatic hydroxyl groups is 2. The van der Waals surface area contributed by atoms with E-state index in [-0.39, 0.29) is 11.9 Å². The van der Waals surface area contributed by atoms with Crippen molar-refractivity contribution in [3.05, 3.63) is 141 Å². The van der Waals surface area contributed by atoms with E-state index in [0.29, 0.717) is 47.5 Å². The van der Waals surface area contributed by atoms with Crippen LogP contribution in [0, 0.1) is 5.92 Å². The molecule has 3 aromatic heterocycles. The lowest BCUT2D eigenvalue weighted by Crippen LogP contribution is -2.22. The van der Waals surface area contributed by atoms with Crippen LogP contribution in [-0.4, -0.2) is 63.5 Å². The van der Waals surface area contributed by atoms with Crippen molar-refractivity contribution in [1.29, 1.82) is 0 Å². The Hall–Kier alpha value is -5.58. The van der Waals surface area contributed by atoms with Crippen molar-refractivity contribution in [2.45, 2.75) is 103 Å². The summed E-state index contributed by atoms with van der Waals surface area (Å²) < 4.78 is 10.1. The van der Waals surface area contributed by atoms with Gasteiger partial charge in [-0.2, -0.15) is 0 Å². The highest BCUT2D eigenvalue weighted by Gasteiger charge is 2.38. The highest BCUT2D eigenvalue weighted by atomic mass is 16.5. The van der Waals surface area contributed by atoms with Crippen LogP contribution < -0.4 is 16.0 Å². The Kier molecular flexibility index (Phi) is 13.4. The van der Waals surface area contributed by atoms with Crippen LogP contribution in [0.4, 0.5) is 0 Å². The zero-order valence-corrected chi connectivity index (χ0v) is 34.8. The van der Waals surface area contributed by atoms with Crippen molar-refractivity contribution < 1.29 is 29.3 Å². The van der Waals surface area contributed by atoms with Gasteiger partial charge in [-0.15, -0.1) is 0 Å². The van der Waals surface area contributed by atoms with Crippen molar-refractivity contribution in [3.8, 4) is 0 Å². The van der Waals surface area contributed by atoms with E-state index >= 15 is 0 Å². The van der Waals surface area contributed by atoms with E-state index in [0.717, 1.165) is 101 Å². The summed E-state index contributed by atoms with van der Waals surface area (Å²) in [4.78, 5) is 36.4. The van der Waals surface area contributed by atoms with E-state index in [1.807, 2.05) is 42.5 Å². The quantitative estimate of drug-likeness (QED) is 0.0733. The molecule has 2 aliphatic heterocycles. The molecular weight excluding hydrogens is 741 g/mol. The molecule has 3 aromatic rings. The maximum Gasteiger partial charge on any atom is 0.334 e. The number of aliphatic hydroxyl groups excluding tert-OH is 2. The maximum absolute atomic E-state index is 12.6. The molecule has 4 aliphatic rings. The normalized spacial score (nSPS) is 20.3. The number of allylic oxidation sites excluding steroid dienone is 10. The van der Waals surface area contributed by atoms with Crippen LogP contribution in [-0.2, 0) is 19.1 Å². The molecule has 0 saturated carbocycles. The standard InChI is InChI=1S/C49H58N4O6/c1-5-7-9-11-16-34-36-24-25-38(50-36)35(17-12-10-8-6-2)44-46(54)47(55)45(53-44)43(30-14-13-15-32(21-18-30)48(56)58-3)41-29-28-40(52-41)42(39-27-26-37(34)51-39)31-19-22-33(23-20-31)49(57)59-4/h13-14,18-22,24-29,33,46-47,50-55H,5-12,15-17,23H2,1-4H3. The Morgan fingerprint density at radius 3 is 2.00 bits per heavy atom. The molecule has 5 heterocycles. The number of carbonyl (C=O) groups is 2. The minimum Gasteiger partial charge on any atom is -0.469 e. The smallest absolute Gasteiger partial charge is 0.334 e. The Bertz CT molecular complexity index is 2410. The van der Waals surface area contributed by atoms with E-state index < -0.39 is 18.2 Å². The average molecular weight is 799 g/mol. The Morgan fingerprint density at radius 2 is 1.32 bits per heavy atom. The van der Waals surface area contributed by atoms with E-state index in [1.54, 1.807) is 6.08 Å². The monoisotopic (exact) mass is 798 g/mol. The Balaban J connectivity index is 1.50. The molecule has 1 saturated heterocycles. The SMILES string of the molecule is CCCCCCC1=C2NC(=C(C3=CC=C(C(=O)OC)CC=C3)c3ccc([nH]3)C(C3=CCC(C(=O)OC)C=C3)=c3ccc([nH]3)=C(CCCCCC)c3ccc1[nH]3)C(O)C2O. The molecule has 2 aliphatic carbocycles. The molecule has 0 amide bonds. The first kappa shape index (κ1) is 41.6. The second kappa shape index (κ2) is 19.0. The van der Waals surface area contributed by atoms with Crippen molar-refractivity contribution in [2.24, 2.45) is 5.92 Å². The molecular formula is C49H58N4O6. The third-order valence-electron chi connectivity index (χ3n) is 11.9. The van der Waals surface area contributed by atoms with Gasteiger partial charge in [0, 0.05) is 50.2 Å². The topological polar surface area (TPSA) is 152 Å². The van der Waals surface area contributed by atoms with Crippen molar-refractivity contribution in [2.75, 3.05) is 14.2 Å². The number of aromatic amines is 3. The molecule has 0 spiro atoms. The molecule has 10 nitrogen and oxygen atoms in total. The molecule has 3 unspecified atom stereocenters. The third-order valence-corrected chi connectivity index (χ3v) is 11.9. The fourth-order valence-electron chi connectivity index (χ4n) is 8.63. The van der Waals surface area contributed by atoms with Crippen molar-refractivity contribution in [1.82, 2.24) is 20.3 Å². The fraction of sp³-hybridized carbons (Fsp3) is 0.388. The number of H-pyrrole nitrogens is 3. The number of hydrogen-bond donors (Lipinski definition) is 6. The van der Waals surface area contributed by atoms with E-state index in [9.17, 15) is 19.8 Å². The van der Waals surface area contributed by atoms with Crippen LogP contribution in [0.5, 0.6) is 0 Å². The van der Waals surface area contributed by atoms with Gasteiger partial charge in [0.1, 0.15) is 12.2 Å². The summed E-state index contributed by atoms with van der Waals surface area (Å²) in [6.07, 6.45) is 22.1. The number of methoxy groups -OCH3 is 2. The number of ether oxygens (including phenoxy) is 2. The molecule has 310 valence electrons. The van der Waals surface area contributed by atoms with Gasteiger partial charge in [0.2, 0.25) is 0 Å². The van der Waals surface area contributed by atoms with Crippen LogP contribution in [0.25, 0.3) is 22.3 Å². The lowest BCUT2D eigenvalue weighted by atomic mass is 9.91. The average Bonchev–Trinajstić information content (AvgIpc) is 4.06. The number of unbranched alkanes of at least 4 members (excludes halogenated alkanes) is 6. The lowest BCUT2D eigenvalue weighted by molar-refractivity contribution is -0.143. The minimum absolute atomic E-state index is 0.274. The molecule has 0 radical (unpaired) electrons. The van der Waals surface area contributed by atoms with Crippen molar-refractivity contribution >= 4 is 34.2 Å². The zero-order chi connectivity index (χ0) is 41.5. The van der Waals surface area contributed by atoms with Gasteiger partial charge in [0.25, 0.3) is 0 Å². The maximum atomic E-state index is 12.6. The number of hydrogen-bond acceptors (Lipinski definition) is 7. The molecule has 59 heavy (non-hydrogen) atoms. The molecule has 8 bridgehead atoms. The number of aromatic nitrogens is 3. The Morgan fingerprint density at radius 1 is 0.678 bits per heavy atom. The number of esters is 2. The summed E-state index contributed by atoms with van der Waals surface area (Å²) in [5.41, 5.74) is 10.4. The Labute approximate surface area is 346 Å². The first-order valence-electron chi connectivity index (χ1n) is 21.3. The molecule has 10 heteroatoms. The molecule has 7 rings (SSSR count). The molecule has 0 aromatic carbocycles. The van der Waals surface area contributed by atoms with Gasteiger partial charge in [-0.1, -0.05) is 94.9 Å². The number of carbonyl (C=O) groups excluding carboxylic acids is 2. The summed E-state index contributed by atoms with van der Waals surface area (Å²) in [6, 6.07) is 12.5. The number of nitrogens with one attached hydrogen (secondary N) is 4. The predicted molar refractivity (Wildman–Crippen MR) is 232 cm³/mol. The van der Waals surface area contributed by atoms with Crippen LogP contribution >= 0.6 is 0 Å². The van der Waals surface area contributed by atoms with Gasteiger partial charge in [-0.3, -0.25) is 4.79 Å². The van der Waals surface area contributed by atoms with Gasteiger partial charge < -0.3 is 40.0 Å². The largest absolute Gasteiger partial charge is 0.469 e. The summed E-state index contributed by atoms with van der Waals surface area (Å²) in [5, 5.41) is 29.6. The first-order chi connectivity index (χ1) is 28.8. The van der Waals surface area contributed by atoms with Gasteiger partial charge in [-0.25, -0.2) is 4.79 Å². The van der Waals surface area contributed by atoms with Crippen LogP contribution in [0.1, 0.15) is 114 Å². The summed E-state index contributed by atoms with van der Waals surface area (Å²) in [7, 11) is 2.78. The highest BCUT2D eigenvalue weighted by molar-refractivity contribution is 5.92. The van der Waals surface area contributed by atoms with E-state index in [1.165, 1.54) is 26.2 Å². The van der Waals surface area contributed by atoms with Crippen molar-refractivity contribution in [3.63, 3.8) is 0 Å². The van der Waals surface area contributed by atoms with Gasteiger partial charge >= 0.3 is 11.9 Å². The lowest BCUT2D eigenvalue weighted by Gasteiger charge is -2.17. The predicted octanol–water partition coefficient (Wildman–Crippen LogP) is 7.43. The fourth-order valence-corrected chi connectivity index (χ4v) is 8.63. The van der Waals surface area contributed by atoms with Gasteiger partial charge in [-0.05, 0) is 97.2 Å². The zero-order valence-electron chi connectivity index (χ0n) is 34.8. The molecule has 1 fully saturated rings. The summed E-state index contributed by atoms with van der Waals surface area (Å²) in [5.74, 6) is -1.05. The second-order valence-corrected chi connectivity index (χ2v) is 15.8. The highest BCUT2D eigenvalue weighted by Crippen LogP contribution is 2.39. The van der Waals surface area contributed by atoms with Crippen LogP contribution in [0.3, 0.4) is 0 Å². The van der Waals surface area contributed by atoms with Gasteiger partial charge in [0.15, 0.2) is 0 Å². The summed E-state index contributed by atoms with van der Waals surface area (Å²) >= 11 is 0. The molecule has 3 atom stereocenters. The summed E-state index contributed by atoms with van der Waals surface area (Å²) in [6.45, 7) is 4.42. The second-order valence-electron chi connectivity index (χ2n) is 15.8. The minimum atomic E-state index is -1.27. The first-order valence-corrected chi connectivity index (χ1v) is 21.3. The van der Waals surface area contributed by atoms with E-state index in [2.05, 4.69) is 64.5 Å².